The van der Waals surface area contributed by atoms with Crippen molar-refractivity contribution in [3.8, 4) is 0 Å². The van der Waals surface area contributed by atoms with Crippen molar-refractivity contribution in [2.45, 2.75) is 51.4 Å². The Balaban J connectivity index is 2.32. The highest BCUT2D eigenvalue weighted by molar-refractivity contribution is 5.76. The number of carbonyl (C=O) groups is 1. The molecule has 1 aliphatic heterocycles. The molecule has 0 radical (unpaired) electrons. The first kappa shape index (κ1) is 17.2. The average Bonchev–Trinajstić information content (AvgIpc) is 2.82. The highest BCUT2D eigenvalue weighted by atomic mass is 19.4. The van der Waals surface area contributed by atoms with Gasteiger partial charge in [0.1, 0.15) is 6.61 Å². The maximum absolute atomic E-state index is 12.0. The van der Waals surface area contributed by atoms with E-state index in [0.717, 1.165) is 19.4 Å². The van der Waals surface area contributed by atoms with Crippen molar-refractivity contribution < 1.29 is 22.7 Å². The second kappa shape index (κ2) is 7.83. The van der Waals surface area contributed by atoms with E-state index < -0.39 is 12.8 Å². The van der Waals surface area contributed by atoms with E-state index in [1.165, 1.54) is 0 Å². The standard InChI is InChI=1S/C13H23F3N2O2/c1-10(2)18(8-11-4-3-6-17-11)12(19)5-7-20-9-13(14,15)16/h10-11,17H,3-9H2,1-2H3. The number of nitrogens with one attached hydrogen (secondary N) is 1. The summed E-state index contributed by atoms with van der Waals surface area (Å²) in [5, 5.41) is 3.31. The Morgan fingerprint density at radius 2 is 2.15 bits per heavy atom. The Labute approximate surface area is 117 Å². The van der Waals surface area contributed by atoms with Crippen molar-refractivity contribution in [3.63, 3.8) is 0 Å². The molecule has 20 heavy (non-hydrogen) atoms. The molecule has 1 heterocycles. The van der Waals surface area contributed by atoms with E-state index in [2.05, 4.69) is 10.1 Å². The third-order valence-electron chi connectivity index (χ3n) is 3.25. The SMILES string of the molecule is CC(C)N(CC1CCCN1)C(=O)CCOCC(F)(F)F. The van der Waals surface area contributed by atoms with Crippen LogP contribution in [0.2, 0.25) is 0 Å². The Hall–Kier alpha value is -0.820. The van der Waals surface area contributed by atoms with Gasteiger partial charge >= 0.3 is 6.18 Å². The first-order valence-corrected chi connectivity index (χ1v) is 6.97. The average molecular weight is 296 g/mol. The van der Waals surface area contributed by atoms with E-state index in [1.54, 1.807) is 4.90 Å². The van der Waals surface area contributed by atoms with Crippen LogP contribution in [0, 0.1) is 0 Å². The highest BCUT2D eigenvalue weighted by Gasteiger charge is 2.28. The Bertz CT molecular complexity index is 302. The van der Waals surface area contributed by atoms with Gasteiger partial charge in [0.05, 0.1) is 13.0 Å². The topological polar surface area (TPSA) is 41.6 Å². The summed E-state index contributed by atoms with van der Waals surface area (Å²) >= 11 is 0. The van der Waals surface area contributed by atoms with E-state index in [9.17, 15) is 18.0 Å². The van der Waals surface area contributed by atoms with Gasteiger partial charge in [-0.25, -0.2) is 0 Å². The van der Waals surface area contributed by atoms with Crippen LogP contribution in [0.15, 0.2) is 0 Å². The molecule has 7 heteroatoms. The second-order valence-corrected chi connectivity index (χ2v) is 5.35. The van der Waals surface area contributed by atoms with Gasteiger partial charge in [0.25, 0.3) is 0 Å². The van der Waals surface area contributed by atoms with Gasteiger partial charge < -0.3 is 15.0 Å². The number of carbonyl (C=O) groups excluding carboxylic acids is 1. The normalized spacial score (nSPS) is 19.6. The molecule has 1 saturated heterocycles. The second-order valence-electron chi connectivity index (χ2n) is 5.35. The molecular formula is C13H23F3N2O2. The summed E-state index contributed by atoms with van der Waals surface area (Å²) in [6.07, 6.45) is -2.23. The lowest BCUT2D eigenvalue weighted by Crippen LogP contribution is -2.45. The van der Waals surface area contributed by atoms with Gasteiger partial charge in [-0.1, -0.05) is 0 Å². The quantitative estimate of drug-likeness (QED) is 0.730. The van der Waals surface area contributed by atoms with Crippen LogP contribution in [0.1, 0.15) is 33.1 Å². The maximum atomic E-state index is 12.0. The molecule has 1 N–H and O–H groups in total. The molecule has 0 spiro atoms. The van der Waals surface area contributed by atoms with Gasteiger partial charge in [-0.2, -0.15) is 13.2 Å². The Morgan fingerprint density at radius 1 is 1.45 bits per heavy atom. The van der Waals surface area contributed by atoms with Crippen molar-refractivity contribution in [1.82, 2.24) is 10.2 Å². The molecule has 0 aromatic carbocycles. The fraction of sp³-hybridized carbons (Fsp3) is 0.923. The molecule has 1 atom stereocenters. The van der Waals surface area contributed by atoms with Crippen molar-refractivity contribution in [1.29, 1.82) is 0 Å². The summed E-state index contributed by atoms with van der Waals surface area (Å²) in [4.78, 5) is 13.7. The Morgan fingerprint density at radius 3 is 2.65 bits per heavy atom. The van der Waals surface area contributed by atoms with E-state index >= 15 is 0 Å². The molecule has 118 valence electrons. The molecule has 1 amide bonds. The smallest absolute Gasteiger partial charge is 0.372 e. The zero-order valence-corrected chi connectivity index (χ0v) is 12.0. The zero-order chi connectivity index (χ0) is 15.2. The first-order chi connectivity index (χ1) is 9.29. The molecule has 1 rings (SSSR count). The van der Waals surface area contributed by atoms with Crippen LogP contribution in [0.3, 0.4) is 0 Å². The third kappa shape index (κ3) is 6.56. The number of alkyl halides is 3. The van der Waals surface area contributed by atoms with Crippen molar-refractivity contribution in [2.75, 3.05) is 26.3 Å². The van der Waals surface area contributed by atoms with E-state index in [-0.39, 0.29) is 31.0 Å². The van der Waals surface area contributed by atoms with E-state index in [1.807, 2.05) is 13.8 Å². The van der Waals surface area contributed by atoms with Gasteiger partial charge in [0, 0.05) is 18.6 Å². The number of ether oxygens (including phenoxy) is 1. The molecule has 0 saturated carbocycles. The minimum absolute atomic E-state index is 0.0129. The summed E-state index contributed by atoms with van der Waals surface area (Å²) in [5.74, 6) is -0.157. The van der Waals surface area contributed by atoms with E-state index in [4.69, 9.17) is 0 Å². The van der Waals surface area contributed by atoms with Gasteiger partial charge in [-0.05, 0) is 33.2 Å². The maximum Gasteiger partial charge on any atom is 0.411 e. The van der Waals surface area contributed by atoms with Crippen LogP contribution in [0.4, 0.5) is 13.2 Å². The molecular weight excluding hydrogens is 273 g/mol. The van der Waals surface area contributed by atoms with Crippen LogP contribution in [-0.4, -0.2) is 55.4 Å². The van der Waals surface area contributed by atoms with Crippen molar-refractivity contribution in [2.24, 2.45) is 0 Å². The summed E-state index contributed by atoms with van der Waals surface area (Å²) < 4.78 is 40.2. The third-order valence-corrected chi connectivity index (χ3v) is 3.25. The molecule has 4 nitrogen and oxygen atoms in total. The molecule has 1 unspecified atom stereocenters. The lowest BCUT2D eigenvalue weighted by Gasteiger charge is -2.29. The monoisotopic (exact) mass is 296 g/mol. The number of halogens is 3. The van der Waals surface area contributed by atoms with Gasteiger partial charge in [0.2, 0.25) is 5.91 Å². The predicted octanol–water partition coefficient (Wildman–Crippen LogP) is 1.94. The number of nitrogens with zero attached hydrogens (tertiary/aromatic N) is 1. The summed E-state index contributed by atoms with van der Waals surface area (Å²) in [5.41, 5.74) is 0. The summed E-state index contributed by atoms with van der Waals surface area (Å²) in [7, 11) is 0. The van der Waals surface area contributed by atoms with E-state index in [0.29, 0.717) is 6.54 Å². The minimum Gasteiger partial charge on any atom is -0.372 e. The lowest BCUT2D eigenvalue weighted by molar-refractivity contribution is -0.175. The van der Waals surface area contributed by atoms with Crippen LogP contribution >= 0.6 is 0 Å². The molecule has 0 aromatic rings. The molecule has 0 aliphatic carbocycles. The van der Waals surface area contributed by atoms with Crippen LogP contribution < -0.4 is 5.32 Å². The Kier molecular flexibility index (Phi) is 6.75. The zero-order valence-electron chi connectivity index (χ0n) is 12.0. The molecule has 1 aliphatic rings. The minimum atomic E-state index is -4.34. The molecule has 1 fully saturated rings. The van der Waals surface area contributed by atoms with Gasteiger partial charge in [0.15, 0.2) is 0 Å². The molecule has 0 bridgehead atoms. The summed E-state index contributed by atoms with van der Waals surface area (Å²) in [6.45, 7) is 3.88. The van der Waals surface area contributed by atoms with Crippen LogP contribution in [0.5, 0.6) is 0 Å². The first-order valence-electron chi connectivity index (χ1n) is 6.97. The lowest BCUT2D eigenvalue weighted by atomic mass is 10.2. The van der Waals surface area contributed by atoms with Crippen LogP contribution in [0.25, 0.3) is 0 Å². The number of hydrogen-bond acceptors (Lipinski definition) is 3. The van der Waals surface area contributed by atoms with Crippen molar-refractivity contribution >= 4 is 5.91 Å². The van der Waals surface area contributed by atoms with Crippen molar-refractivity contribution in [3.05, 3.63) is 0 Å². The van der Waals surface area contributed by atoms with Gasteiger partial charge in [-0.3, -0.25) is 4.79 Å². The predicted molar refractivity (Wildman–Crippen MR) is 69.4 cm³/mol. The van der Waals surface area contributed by atoms with Crippen LogP contribution in [-0.2, 0) is 9.53 Å². The molecule has 0 aromatic heterocycles. The number of hydrogen-bond donors (Lipinski definition) is 1. The number of amides is 1. The highest BCUT2D eigenvalue weighted by Crippen LogP contribution is 2.15. The fourth-order valence-corrected chi connectivity index (χ4v) is 2.24. The van der Waals surface area contributed by atoms with Gasteiger partial charge in [-0.15, -0.1) is 0 Å². The number of rotatable bonds is 7. The summed E-state index contributed by atoms with van der Waals surface area (Å²) in [6, 6.07) is 0.324. The largest absolute Gasteiger partial charge is 0.411 e. The fourth-order valence-electron chi connectivity index (χ4n) is 2.24.